The summed E-state index contributed by atoms with van der Waals surface area (Å²) in [5.74, 6) is -0.717. The van der Waals surface area contributed by atoms with Crippen molar-refractivity contribution in [1.82, 2.24) is 4.57 Å². The molecule has 0 aliphatic carbocycles. The Morgan fingerprint density at radius 1 is 1.07 bits per heavy atom. The zero-order valence-corrected chi connectivity index (χ0v) is 18.5. The van der Waals surface area contributed by atoms with Crippen LogP contribution in [0, 0.1) is 5.82 Å². The highest BCUT2D eigenvalue weighted by atomic mass is 79.9. The summed E-state index contributed by atoms with van der Waals surface area (Å²) in [5, 5.41) is 1.85. The summed E-state index contributed by atoms with van der Waals surface area (Å²) in [6.07, 6.45) is 4.53. The van der Waals surface area contributed by atoms with Crippen molar-refractivity contribution in [3.05, 3.63) is 81.6 Å². The SMILES string of the molecule is CCCCCc1ccc2c3c(C(N)=O)cccc3n(Cc3cc(F)ccc3Br)c2c1. The number of carbonyl (C=O) groups is 1. The van der Waals surface area contributed by atoms with Gasteiger partial charge in [0.2, 0.25) is 5.91 Å². The van der Waals surface area contributed by atoms with Crippen LogP contribution >= 0.6 is 15.9 Å². The van der Waals surface area contributed by atoms with Gasteiger partial charge in [-0.2, -0.15) is 0 Å². The molecule has 30 heavy (non-hydrogen) atoms. The number of fused-ring (bicyclic) bond motifs is 3. The summed E-state index contributed by atoms with van der Waals surface area (Å²) in [4.78, 5) is 12.1. The summed E-state index contributed by atoms with van der Waals surface area (Å²) in [6, 6.07) is 16.7. The first kappa shape index (κ1) is 20.6. The molecular formula is C25H24BrFN2O. The maximum atomic E-state index is 13.9. The van der Waals surface area contributed by atoms with Crippen molar-refractivity contribution in [1.29, 1.82) is 0 Å². The molecular weight excluding hydrogens is 443 g/mol. The lowest BCUT2D eigenvalue weighted by Gasteiger charge is -2.11. The fourth-order valence-corrected chi connectivity index (χ4v) is 4.51. The Bertz CT molecular complexity index is 1250. The average Bonchev–Trinajstić information content (AvgIpc) is 3.04. The summed E-state index contributed by atoms with van der Waals surface area (Å²) in [7, 11) is 0. The molecule has 0 unspecified atom stereocenters. The molecule has 4 rings (SSSR count). The molecule has 5 heteroatoms. The van der Waals surface area contributed by atoms with Crippen LogP contribution in [-0.2, 0) is 13.0 Å². The van der Waals surface area contributed by atoms with Crippen molar-refractivity contribution in [3.8, 4) is 0 Å². The highest BCUT2D eigenvalue weighted by Crippen LogP contribution is 2.34. The number of nitrogens with two attached hydrogens (primary N) is 1. The molecule has 0 atom stereocenters. The Labute approximate surface area is 183 Å². The van der Waals surface area contributed by atoms with Gasteiger partial charge in [0.1, 0.15) is 5.82 Å². The quantitative estimate of drug-likeness (QED) is 0.307. The molecule has 0 aliphatic heterocycles. The number of nitrogens with zero attached hydrogens (tertiary/aromatic N) is 1. The number of rotatable bonds is 7. The van der Waals surface area contributed by atoms with Crippen LogP contribution in [0.25, 0.3) is 21.8 Å². The number of hydrogen-bond acceptors (Lipinski definition) is 1. The minimum absolute atomic E-state index is 0.271. The van der Waals surface area contributed by atoms with Crippen LogP contribution in [0.5, 0.6) is 0 Å². The smallest absolute Gasteiger partial charge is 0.249 e. The van der Waals surface area contributed by atoms with Gasteiger partial charge in [0.15, 0.2) is 0 Å². The lowest BCUT2D eigenvalue weighted by molar-refractivity contribution is 0.100. The maximum absolute atomic E-state index is 13.9. The van der Waals surface area contributed by atoms with Crippen LogP contribution in [0.1, 0.15) is 47.7 Å². The van der Waals surface area contributed by atoms with E-state index in [9.17, 15) is 9.18 Å². The molecule has 0 saturated heterocycles. The number of benzene rings is 3. The van der Waals surface area contributed by atoms with E-state index >= 15 is 0 Å². The Morgan fingerprint density at radius 2 is 1.90 bits per heavy atom. The number of unbranched alkanes of at least 4 members (excludes halogenated alkanes) is 2. The van der Waals surface area contributed by atoms with Gasteiger partial charge in [0, 0.05) is 32.9 Å². The van der Waals surface area contributed by atoms with Gasteiger partial charge in [0.05, 0.1) is 5.52 Å². The largest absolute Gasteiger partial charge is 0.366 e. The first-order chi connectivity index (χ1) is 14.5. The first-order valence-corrected chi connectivity index (χ1v) is 11.1. The van der Waals surface area contributed by atoms with Crippen molar-refractivity contribution in [2.75, 3.05) is 0 Å². The average molecular weight is 467 g/mol. The third-order valence-electron chi connectivity index (χ3n) is 5.63. The molecule has 4 aromatic rings. The second-order valence-corrected chi connectivity index (χ2v) is 8.55. The fraction of sp³-hybridized carbons (Fsp3) is 0.240. The van der Waals surface area contributed by atoms with Gasteiger partial charge in [-0.1, -0.05) is 53.9 Å². The van der Waals surface area contributed by atoms with Crippen molar-refractivity contribution in [3.63, 3.8) is 0 Å². The molecule has 0 aliphatic rings. The van der Waals surface area contributed by atoms with E-state index in [1.165, 1.54) is 24.5 Å². The molecule has 154 valence electrons. The van der Waals surface area contributed by atoms with Gasteiger partial charge in [-0.3, -0.25) is 4.79 Å². The Hall–Kier alpha value is -2.66. The fourth-order valence-electron chi connectivity index (χ4n) is 4.13. The Balaban J connectivity index is 1.94. The minimum atomic E-state index is -0.446. The number of hydrogen-bond donors (Lipinski definition) is 1. The summed E-state index contributed by atoms with van der Waals surface area (Å²) in [6.45, 7) is 2.68. The van der Waals surface area contributed by atoms with E-state index in [-0.39, 0.29) is 5.82 Å². The lowest BCUT2D eigenvalue weighted by atomic mass is 10.0. The molecule has 0 bridgehead atoms. The molecule has 3 nitrogen and oxygen atoms in total. The number of carbonyl (C=O) groups excluding carboxylic acids is 1. The predicted octanol–water partition coefficient (Wildman–Crippen LogP) is 6.58. The van der Waals surface area contributed by atoms with Crippen LogP contribution in [0.3, 0.4) is 0 Å². The molecule has 1 amide bonds. The summed E-state index contributed by atoms with van der Waals surface area (Å²) in [5.41, 5.74) is 10.2. The van der Waals surface area contributed by atoms with E-state index < -0.39 is 5.91 Å². The van der Waals surface area contributed by atoms with Gasteiger partial charge >= 0.3 is 0 Å². The van der Waals surface area contributed by atoms with Crippen LogP contribution in [0.2, 0.25) is 0 Å². The zero-order chi connectivity index (χ0) is 21.3. The number of amides is 1. The highest BCUT2D eigenvalue weighted by molar-refractivity contribution is 9.10. The van der Waals surface area contributed by atoms with Crippen molar-refractivity contribution in [2.45, 2.75) is 39.2 Å². The Morgan fingerprint density at radius 3 is 2.67 bits per heavy atom. The molecule has 1 aromatic heterocycles. The zero-order valence-electron chi connectivity index (χ0n) is 16.9. The van der Waals surface area contributed by atoms with Crippen LogP contribution in [0.4, 0.5) is 4.39 Å². The van der Waals surface area contributed by atoms with Crippen LogP contribution < -0.4 is 5.73 Å². The molecule has 0 fully saturated rings. The molecule has 0 saturated carbocycles. The minimum Gasteiger partial charge on any atom is -0.366 e. The lowest BCUT2D eigenvalue weighted by Crippen LogP contribution is -2.11. The monoisotopic (exact) mass is 466 g/mol. The third-order valence-corrected chi connectivity index (χ3v) is 6.40. The number of aromatic nitrogens is 1. The van der Waals surface area contributed by atoms with Gasteiger partial charge in [-0.05, 0) is 60.4 Å². The third kappa shape index (κ3) is 3.86. The normalized spacial score (nSPS) is 11.4. The first-order valence-electron chi connectivity index (χ1n) is 10.3. The molecule has 0 spiro atoms. The van der Waals surface area contributed by atoms with Crippen molar-refractivity contribution in [2.24, 2.45) is 5.73 Å². The summed E-state index contributed by atoms with van der Waals surface area (Å²) >= 11 is 3.54. The molecule has 3 aromatic carbocycles. The van der Waals surface area contributed by atoms with Crippen LogP contribution in [0.15, 0.2) is 59.1 Å². The number of primary amides is 1. The number of aryl methyl sites for hydroxylation is 1. The summed E-state index contributed by atoms with van der Waals surface area (Å²) < 4.78 is 16.9. The molecule has 2 N–H and O–H groups in total. The topological polar surface area (TPSA) is 48.0 Å². The number of halogens is 2. The molecule has 0 radical (unpaired) electrons. The second kappa shape index (κ2) is 8.60. The van der Waals surface area contributed by atoms with E-state index in [1.54, 1.807) is 18.2 Å². The maximum Gasteiger partial charge on any atom is 0.249 e. The van der Waals surface area contributed by atoms with E-state index in [4.69, 9.17) is 5.73 Å². The highest BCUT2D eigenvalue weighted by Gasteiger charge is 2.17. The van der Waals surface area contributed by atoms with E-state index in [0.717, 1.165) is 44.7 Å². The van der Waals surface area contributed by atoms with Crippen molar-refractivity contribution >= 4 is 43.6 Å². The van der Waals surface area contributed by atoms with E-state index in [1.807, 2.05) is 12.1 Å². The standard InChI is InChI=1S/C25H24BrFN2O/c1-2-3-4-6-16-9-11-19-23(13-16)29(15-17-14-18(27)10-12-21(17)26)22-8-5-7-20(24(19)22)25(28)30/h5,7-14H,2-4,6,15H2,1H3,(H2,28,30). The van der Waals surface area contributed by atoms with Gasteiger partial charge in [-0.15, -0.1) is 0 Å². The predicted molar refractivity (Wildman–Crippen MR) is 124 cm³/mol. The van der Waals surface area contributed by atoms with E-state index in [2.05, 4.69) is 45.6 Å². The van der Waals surface area contributed by atoms with Gasteiger partial charge < -0.3 is 10.3 Å². The molecule has 1 heterocycles. The Kier molecular flexibility index (Phi) is 5.91. The second-order valence-electron chi connectivity index (χ2n) is 7.69. The van der Waals surface area contributed by atoms with E-state index in [0.29, 0.717) is 12.1 Å². The van der Waals surface area contributed by atoms with Gasteiger partial charge in [0.25, 0.3) is 0 Å². The van der Waals surface area contributed by atoms with Gasteiger partial charge in [-0.25, -0.2) is 4.39 Å². The van der Waals surface area contributed by atoms with Crippen molar-refractivity contribution < 1.29 is 9.18 Å². The van der Waals surface area contributed by atoms with Crippen LogP contribution in [-0.4, -0.2) is 10.5 Å².